The number of aromatic nitrogens is 2. The van der Waals surface area contributed by atoms with E-state index in [-0.39, 0.29) is 12.6 Å². The van der Waals surface area contributed by atoms with E-state index in [2.05, 4.69) is 54.5 Å². The number of allylic oxidation sites excluding steroid dienone is 2. The van der Waals surface area contributed by atoms with E-state index in [0.29, 0.717) is 12.5 Å². The fourth-order valence-corrected chi connectivity index (χ4v) is 5.36. The van der Waals surface area contributed by atoms with Crippen LogP contribution in [0.3, 0.4) is 0 Å². The summed E-state index contributed by atoms with van der Waals surface area (Å²) in [6.07, 6.45) is 10.4. The zero-order chi connectivity index (χ0) is 26.6. The second-order valence-electron chi connectivity index (χ2n) is 9.11. The van der Waals surface area contributed by atoms with Crippen molar-refractivity contribution in [1.82, 2.24) is 9.97 Å². The number of fused-ring (bicyclic) bond motifs is 1. The number of rotatable bonds is 14. The van der Waals surface area contributed by atoms with Gasteiger partial charge in [0.2, 0.25) is 5.95 Å². The quantitative estimate of drug-likeness (QED) is 0.115. The van der Waals surface area contributed by atoms with Gasteiger partial charge in [-0.1, -0.05) is 78.5 Å². The number of hydrogen-bond acceptors (Lipinski definition) is 6. The highest BCUT2D eigenvalue weighted by atomic mass is 32.2. The van der Waals surface area contributed by atoms with Crippen LogP contribution in [-0.2, 0) is 13.2 Å². The molecule has 0 amide bonds. The van der Waals surface area contributed by atoms with Crippen LogP contribution in [0.1, 0.15) is 43.7 Å². The van der Waals surface area contributed by atoms with Crippen molar-refractivity contribution in [3.8, 4) is 0 Å². The maximum Gasteiger partial charge on any atom is 0.225 e. The molecule has 1 unspecified atom stereocenters. The predicted molar refractivity (Wildman–Crippen MR) is 161 cm³/mol. The number of benzene rings is 3. The maximum absolute atomic E-state index is 9.74. The zero-order valence-electron chi connectivity index (χ0n) is 21.9. The molecule has 0 radical (unpaired) electrons. The number of anilines is 2. The van der Waals surface area contributed by atoms with Gasteiger partial charge < -0.3 is 15.7 Å². The number of para-hydroxylation sites is 1. The number of nitrogens with one attached hydrogen (secondary N) is 2. The summed E-state index contributed by atoms with van der Waals surface area (Å²) < 4.78 is 0. The maximum atomic E-state index is 9.74. The van der Waals surface area contributed by atoms with Crippen LogP contribution in [-0.4, -0.2) is 21.1 Å². The topological polar surface area (TPSA) is 70.1 Å². The molecule has 0 saturated heterocycles. The Bertz CT molecular complexity index is 1370. The minimum Gasteiger partial charge on any atom is -0.392 e. The fourth-order valence-electron chi connectivity index (χ4n) is 4.29. The smallest absolute Gasteiger partial charge is 0.225 e. The standard InChI is InChI=1S/C32H36N4OS/c1-3-5-7-17-26(16-6-4-2)34-31-27-18-10-11-19-28(27)35-32(36-31)33-22-24-14-8-12-20-29(24)38-30-21-13-9-15-25(30)23-37/h3-4,6,8-15,18-21,26,37H,1,5,7,16-17,22-23H2,2H3,(H2,33,34,35,36)/b6-4-. The molecule has 196 valence electrons. The third kappa shape index (κ3) is 7.46. The van der Waals surface area contributed by atoms with Gasteiger partial charge in [-0.2, -0.15) is 4.98 Å². The van der Waals surface area contributed by atoms with E-state index in [9.17, 15) is 5.11 Å². The van der Waals surface area contributed by atoms with Gasteiger partial charge in [-0.25, -0.2) is 4.98 Å². The Morgan fingerprint density at radius 2 is 1.66 bits per heavy atom. The highest BCUT2D eigenvalue weighted by Gasteiger charge is 2.13. The summed E-state index contributed by atoms with van der Waals surface area (Å²) in [6.45, 7) is 6.53. The number of aliphatic hydroxyl groups excluding tert-OH is 1. The molecule has 3 aromatic carbocycles. The summed E-state index contributed by atoms with van der Waals surface area (Å²) in [7, 11) is 0. The Morgan fingerprint density at radius 3 is 2.42 bits per heavy atom. The van der Waals surface area contributed by atoms with Gasteiger partial charge in [0.15, 0.2) is 0 Å². The third-order valence-electron chi connectivity index (χ3n) is 6.33. The minimum absolute atomic E-state index is 0.0208. The first-order chi connectivity index (χ1) is 18.7. The molecule has 0 bridgehead atoms. The van der Waals surface area contributed by atoms with Gasteiger partial charge in [0.25, 0.3) is 0 Å². The Balaban J connectivity index is 1.56. The molecule has 4 rings (SSSR count). The van der Waals surface area contributed by atoms with E-state index in [0.717, 1.165) is 63.3 Å². The van der Waals surface area contributed by atoms with Crippen molar-refractivity contribution < 1.29 is 5.11 Å². The van der Waals surface area contributed by atoms with Crippen LogP contribution in [0.25, 0.3) is 10.9 Å². The highest BCUT2D eigenvalue weighted by Crippen LogP contribution is 2.33. The van der Waals surface area contributed by atoms with Gasteiger partial charge >= 0.3 is 0 Å². The molecule has 0 spiro atoms. The Hall–Kier alpha value is -3.61. The monoisotopic (exact) mass is 524 g/mol. The molecule has 4 aromatic rings. The summed E-state index contributed by atoms with van der Waals surface area (Å²) in [6, 6.07) is 24.7. The first-order valence-electron chi connectivity index (χ1n) is 13.2. The normalized spacial score (nSPS) is 12.1. The van der Waals surface area contributed by atoms with Gasteiger partial charge in [0, 0.05) is 27.8 Å². The lowest BCUT2D eigenvalue weighted by Crippen LogP contribution is -2.20. The van der Waals surface area contributed by atoms with Crippen LogP contribution in [0, 0.1) is 0 Å². The Kier molecular flexibility index (Phi) is 10.4. The lowest BCUT2D eigenvalue weighted by atomic mass is 10.1. The largest absolute Gasteiger partial charge is 0.392 e. The average Bonchev–Trinajstić information content (AvgIpc) is 2.95. The van der Waals surface area contributed by atoms with Gasteiger partial charge in [-0.05, 0) is 68.0 Å². The third-order valence-corrected chi connectivity index (χ3v) is 7.57. The van der Waals surface area contributed by atoms with E-state index < -0.39 is 0 Å². The van der Waals surface area contributed by atoms with Crippen LogP contribution in [0.15, 0.2) is 107 Å². The van der Waals surface area contributed by atoms with Crippen molar-refractivity contribution in [2.75, 3.05) is 10.6 Å². The summed E-state index contributed by atoms with van der Waals surface area (Å²) in [4.78, 5) is 11.9. The van der Waals surface area contributed by atoms with Gasteiger partial charge in [-0.15, -0.1) is 6.58 Å². The van der Waals surface area contributed by atoms with Crippen LogP contribution in [0.2, 0.25) is 0 Å². The van der Waals surface area contributed by atoms with Crippen molar-refractivity contribution in [1.29, 1.82) is 0 Å². The average molecular weight is 525 g/mol. The second-order valence-corrected chi connectivity index (χ2v) is 10.2. The molecular formula is C32H36N4OS. The van der Waals surface area contributed by atoms with Crippen LogP contribution in [0.5, 0.6) is 0 Å². The molecule has 0 saturated carbocycles. The fraction of sp³-hybridized carbons (Fsp3) is 0.250. The second kappa shape index (κ2) is 14.4. The lowest BCUT2D eigenvalue weighted by molar-refractivity contribution is 0.279. The molecule has 0 fully saturated rings. The predicted octanol–water partition coefficient (Wildman–Crippen LogP) is 7.99. The number of unbranched alkanes of at least 4 members (excludes halogenated alkanes) is 1. The van der Waals surface area contributed by atoms with Crippen molar-refractivity contribution in [3.05, 3.63) is 109 Å². The summed E-state index contributed by atoms with van der Waals surface area (Å²) in [5.41, 5.74) is 2.98. The van der Waals surface area contributed by atoms with E-state index in [1.807, 2.05) is 60.7 Å². The van der Waals surface area contributed by atoms with E-state index in [1.54, 1.807) is 11.8 Å². The molecule has 0 aliphatic heterocycles. The van der Waals surface area contributed by atoms with E-state index in [4.69, 9.17) is 9.97 Å². The van der Waals surface area contributed by atoms with Gasteiger partial charge in [0.05, 0.1) is 12.1 Å². The van der Waals surface area contributed by atoms with Crippen molar-refractivity contribution in [3.63, 3.8) is 0 Å². The Morgan fingerprint density at radius 1 is 0.947 bits per heavy atom. The molecule has 1 heterocycles. The van der Waals surface area contributed by atoms with Crippen LogP contribution in [0.4, 0.5) is 11.8 Å². The summed E-state index contributed by atoms with van der Waals surface area (Å²) in [5, 5.41) is 17.9. The molecule has 5 nitrogen and oxygen atoms in total. The number of hydrogen-bond donors (Lipinski definition) is 3. The Labute approximate surface area is 230 Å². The van der Waals surface area contributed by atoms with E-state index >= 15 is 0 Å². The molecule has 0 aliphatic carbocycles. The first-order valence-corrected chi connectivity index (χ1v) is 14.0. The first kappa shape index (κ1) is 27.4. The molecule has 3 N–H and O–H groups in total. The van der Waals surface area contributed by atoms with Gasteiger partial charge in [0.1, 0.15) is 5.82 Å². The van der Waals surface area contributed by atoms with Crippen molar-refractivity contribution in [2.24, 2.45) is 0 Å². The molecule has 0 aliphatic rings. The van der Waals surface area contributed by atoms with Crippen molar-refractivity contribution >= 4 is 34.4 Å². The minimum atomic E-state index is 0.0208. The van der Waals surface area contributed by atoms with Crippen LogP contribution >= 0.6 is 11.8 Å². The molecular weight excluding hydrogens is 488 g/mol. The summed E-state index contributed by atoms with van der Waals surface area (Å²) >= 11 is 1.67. The highest BCUT2D eigenvalue weighted by molar-refractivity contribution is 7.99. The number of nitrogens with zero attached hydrogens (tertiary/aromatic N) is 2. The number of aliphatic hydroxyl groups is 1. The van der Waals surface area contributed by atoms with Crippen LogP contribution < -0.4 is 10.6 Å². The molecule has 1 atom stereocenters. The molecule has 6 heteroatoms. The zero-order valence-corrected chi connectivity index (χ0v) is 22.8. The molecule has 1 aromatic heterocycles. The van der Waals surface area contributed by atoms with Gasteiger partial charge in [-0.3, -0.25) is 0 Å². The lowest BCUT2D eigenvalue weighted by Gasteiger charge is -2.20. The SMILES string of the molecule is C=CCCCC(C/C=C\C)Nc1nc(NCc2ccccc2Sc2ccccc2CO)nc2ccccc12. The van der Waals surface area contributed by atoms with Crippen molar-refractivity contribution in [2.45, 2.75) is 61.6 Å². The van der Waals surface area contributed by atoms with E-state index in [1.165, 1.54) is 0 Å². The summed E-state index contributed by atoms with van der Waals surface area (Å²) in [5.74, 6) is 1.45. The molecule has 38 heavy (non-hydrogen) atoms.